The van der Waals surface area contributed by atoms with Crippen LogP contribution in [0.15, 0.2) is 36.5 Å². The van der Waals surface area contributed by atoms with E-state index in [4.69, 9.17) is 14.2 Å². The number of allylic oxidation sites excluding steroid dienone is 6. The molecule has 1 unspecified atom stereocenters. The quantitative estimate of drug-likeness (QED) is 0.0261. The molecule has 0 aromatic heterocycles. The van der Waals surface area contributed by atoms with Crippen molar-refractivity contribution in [1.82, 2.24) is 0 Å². The Hall–Kier alpha value is -2.37. The predicted octanol–water partition coefficient (Wildman–Crippen LogP) is 25.5. The highest BCUT2D eigenvalue weighted by Crippen LogP contribution is 2.19. The Morgan fingerprint density at radius 1 is 0.244 bits per heavy atom. The molecule has 482 valence electrons. The largest absolute Gasteiger partial charge is 0.462 e. The lowest BCUT2D eigenvalue weighted by molar-refractivity contribution is -0.167. The first-order valence-corrected chi connectivity index (χ1v) is 37.0. The number of esters is 3. The normalized spacial score (nSPS) is 12.2. The standard InChI is InChI=1S/C76H142O6/c1-4-7-10-13-16-19-22-25-28-31-33-35-37-38-39-41-42-45-48-51-54-57-60-63-66-69-75(78)81-72-73(71-80-74(77)68-65-62-59-56-53-50-47-44-30-27-24-21-18-15-12-9-6-3)82-76(79)70-67-64-61-58-55-52-49-46-43-40-36-34-32-29-26-23-20-17-14-11-8-5-2/h18,21,27,30-31,33,73H,4-17,19-20,22-26,28-29,32,34-72H2,1-3H3/b21-18-,30-27-,33-31-. The van der Waals surface area contributed by atoms with Crippen LogP contribution in [0.25, 0.3) is 0 Å². The monoisotopic (exact) mass is 1150 g/mol. The Balaban J connectivity index is 4.28. The smallest absolute Gasteiger partial charge is 0.306 e. The first-order chi connectivity index (χ1) is 40.5. The van der Waals surface area contributed by atoms with Gasteiger partial charge in [-0.05, 0) is 77.0 Å². The summed E-state index contributed by atoms with van der Waals surface area (Å²) >= 11 is 0. The van der Waals surface area contributed by atoms with E-state index in [-0.39, 0.29) is 31.1 Å². The average Bonchev–Trinajstić information content (AvgIpc) is 3.47. The van der Waals surface area contributed by atoms with Gasteiger partial charge in [0.1, 0.15) is 13.2 Å². The van der Waals surface area contributed by atoms with E-state index in [1.165, 1.54) is 302 Å². The van der Waals surface area contributed by atoms with E-state index in [1.54, 1.807) is 0 Å². The second-order valence-corrected chi connectivity index (χ2v) is 25.2. The van der Waals surface area contributed by atoms with Crippen LogP contribution in [0.2, 0.25) is 0 Å². The molecule has 6 nitrogen and oxygen atoms in total. The summed E-state index contributed by atoms with van der Waals surface area (Å²) in [4.78, 5) is 38.5. The van der Waals surface area contributed by atoms with Gasteiger partial charge in [-0.15, -0.1) is 0 Å². The summed E-state index contributed by atoms with van der Waals surface area (Å²) in [6.45, 7) is 6.69. The number of rotatable bonds is 69. The van der Waals surface area contributed by atoms with Crippen LogP contribution in [-0.4, -0.2) is 37.2 Å². The lowest BCUT2D eigenvalue weighted by Gasteiger charge is -2.18. The molecule has 0 spiro atoms. The van der Waals surface area contributed by atoms with Gasteiger partial charge in [-0.1, -0.05) is 353 Å². The molecule has 0 saturated heterocycles. The molecule has 0 aliphatic rings. The average molecular weight is 1150 g/mol. The topological polar surface area (TPSA) is 78.9 Å². The maximum absolute atomic E-state index is 13.0. The van der Waals surface area contributed by atoms with Crippen LogP contribution in [0.4, 0.5) is 0 Å². The molecular weight excluding hydrogens is 1010 g/mol. The molecule has 0 rings (SSSR count). The van der Waals surface area contributed by atoms with E-state index in [2.05, 4.69) is 57.2 Å². The molecular formula is C76H142O6. The Morgan fingerprint density at radius 2 is 0.439 bits per heavy atom. The number of unbranched alkanes of at least 4 members (excludes halogenated alkanes) is 52. The maximum Gasteiger partial charge on any atom is 0.306 e. The number of hydrogen-bond acceptors (Lipinski definition) is 6. The third-order valence-electron chi connectivity index (χ3n) is 16.9. The number of ether oxygens (including phenoxy) is 3. The first-order valence-electron chi connectivity index (χ1n) is 37.0. The zero-order chi connectivity index (χ0) is 59.2. The van der Waals surface area contributed by atoms with E-state index in [0.717, 1.165) is 70.6 Å². The minimum Gasteiger partial charge on any atom is -0.462 e. The number of carbonyl (C=O) groups is 3. The van der Waals surface area contributed by atoms with Crippen molar-refractivity contribution in [3.63, 3.8) is 0 Å². The van der Waals surface area contributed by atoms with E-state index >= 15 is 0 Å². The summed E-state index contributed by atoms with van der Waals surface area (Å²) < 4.78 is 17.0. The minimum atomic E-state index is -0.775. The molecule has 0 bridgehead atoms. The third kappa shape index (κ3) is 68.4. The first kappa shape index (κ1) is 79.6. The fraction of sp³-hybridized carbons (Fsp3) is 0.882. The van der Waals surface area contributed by atoms with Crippen molar-refractivity contribution in [2.75, 3.05) is 13.2 Å². The molecule has 82 heavy (non-hydrogen) atoms. The van der Waals surface area contributed by atoms with Crippen LogP contribution in [0, 0.1) is 0 Å². The van der Waals surface area contributed by atoms with Gasteiger partial charge in [-0.2, -0.15) is 0 Å². The van der Waals surface area contributed by atoms with Gasteiger partial charge in [0, 0.05) is 19.3 Å². The van der Waals surface area contributed by atoms with Crippen LogP contribution in [0.3, 0.4) is 0 Å². The second kappa shape index (κ2) is 71.1. The zero-order valence-electron chi connectivity index (χ0n) is 55.5. The van der Waals surface area contributed by atoms with Gasteiger partial charge >= 0.3 is 17.9 Å². The van der Waals surface area contributed by atoms with Crippen LogP contribution in [-0.2, 0) is 28.6 Å². The zero-order valence-corrected chi connectivity index (χ0v) is 55.5. The van der Waals surface area contributed by atoms with Crippen molar-refractivity contribution in [3.05, 3.63) is 36.5 Å². The predicted molar refractivity (Wildman–Crippen MR) is 358 cm³/mol. The lowest BCUT2D eigenvalue weighted by Crippen LogP contribution is -2.30. The van der Waals surface area contributed by atoms with Gasteiger partial charge in [0.2, 0.25) is 0 Å². The van der Waals surface area contributed by atoms with E-state index in [9.17, 15) is 14.4 Å². The highest BCUT2D eigenvalue weighted by atomic mass is 16.6. The highest BCUT2D eigenvalue weighted by molar-refractivity contribution is 5.71. The van der Waals surface area contributed by atoms with Crippen molar-refractivity contribution >= 4 is 17.9 Å². The summed E-state index contributed by atoms with van der Waals surface area (Å²) in [7, 11) is 0. The lowest BCUT2D eigenvalue weighted by atomic mass is 10.0. The van der Waals surface area contributed by atoms with E-state index < -0.39 is 6.10 Å². The maximum atomic E-state index is 13.0. The molecule has 1 atom stereocenters. The molecule has 0 aromatic rings. The minimum absolute atomic E-state index is 0.0695. The Labute approximate surface area is 512 Å². The van der Waals surface area contributed by atoms with Gasteiger partial charge in [0.15, 0.2) is 6.10 Å². The molecule has 0 amide bonds. The van der Waals surface area contributed by atoms with Crippen LogP contribution in [0.5, 0.6) is 0 Å². The Morgan fingerprint density at radius 3 is 0.707 bits per heavy atom. The van der Waals surface area contributed by atoms with Crippen molar-refractivity contribution in [3.8, 4) is 0 Å². The molecule has 0 radical (unpaired) electrons. The molecule has 0 fully saturated rings. The van der Waals surface area contributed by atoms with Crippen molar-refractivity contribution in [1.29, 1.82) is 0 Å². The van der Waals surface area contributed by atoms with Crippen LogP contribution >= 0.6 is 0 Å². The molecule has 6 heteroatoms. The summed E-state index contributed by atoms with van der Waals surface area (Å²) in [5, 5.41) is 0. The Kier molecular flexibility index (Phi) is 69.1. The number of hydrogen-bond donors (Lipinski definition) is 0. The van der Waals surface area contributed by atoms with Crippen molar-refractivity contribution < 1.29 is 28.6 Å². The van der Waals surface area contributed by atoms with Crippen molar-refractivity contribution in [2.45, 2.75) is 419 Å². The molecule has 0 saturated carbocycles. The summed E-state index contributed by atoms with van der Waals surface area (Å²) in [5.41, 5.74) is 0. The van der Waals surface area contributed by atoms with Crippen LogP contribution in [0.1, 0.15) is 412 Å². The highest BCUT2D eigenvalue weighted by Gasteiger charge is 2.20. The molecule has 0 aliphatic carbocycles. The van der Waals surface area contributed by atoms with Gasteiger partial charge in [0.25, 0.3) is 0 Å². The van der Waals surface area contributed by atoms with Gasteiger partial charge < -0.3 is 14.2 Å². The fourth-order valence-electron chi connectivity index (χ4n) is 11.3. The SMILES string of the molecule is CCCCC/C=C\C/C=C\CCCCCCCCCC(=O)OCC(COC(=O)CCCCCCCCCCCCCCC/C=C\CCCCCCCCCC)OC(=O)CCCCCCCCCCCCCCCCCCCCCCCC. The molecule has 0 aliphatic heterocycles. The number of carbonyl (C=O) groups excluding carboxylic acids is 3. The molecule has 0 N–H and O–H groups in total. The van der Waals surface area contributed by atoms with Gasteiger partial charge in [0.05, 0.1) is 0 Å². The van der Waals surface area contributed by atoms with Gasteiger partial charge in [-0.25, -0.2) is 0 Å². The van der Waals surface area contributed by atoms with Crippen molar-refractivity contribution in [2.24, 2.45) is 0 Å². The second-order valence-electron chi connectivity index (χ2n) is 25.2. The molecule has 0 aromatic carbocycles. The van der Waals surface area contributed by atoms with Crippen LogP contribution < -0.4 is 0 Å². The van der Waals surface area contributed by atoms with E-state index in [1.807, 2.05) is 0 Å². The molecule has 0 heterocycles. The summed E-state index contributed by atoms with van der Waals surface area (Å²) in [5.74, 6) is -0.845. The fourth-order valence-corrected chi connectivity index (χ4v) is 11.3. The Bertz CT molecular complexity index is 1370. The summed E-state index contributed by atoms with van der Waals surface area (Å²) in [6.07, 6.45) is 88.9. The third-order valence-corrected chi connectivity index (χ3v) is 16.9. The van der Waals surface area contributed by atoms with Gasteiger partial charge in [-0.3, -0.25) is 14.4 Å². The van der Waals surface area contributed by atoms with E-state index in [0.29, 0.717) is 19.3 Å². The summed E-state index contributed by atoms with van der Waals surface area (Å²) in [6, 6.07) is 0.